The van der Waals surface area contributed by atoms with Crippen LogP contribution in [0.15, 0.2) is 31.0 Å². The molecule has 3 aromatic heterocycles. The summed E-state index contributed by atoms with van der Waals surface area (Å²) in [5, 5.41) is 15.6. The van der Waals surface area contributed by atoms with Crippen LogP contribution in [0.5, 0.6) is 0 Å². The second-order valence-electron chi connectivity index (χ2n) is 6.01. The first-order valence-electron chi connectivity index (χ1n) is 8.08. The van der Waals surface area contributed by atoms with E-state index in [-0.39, 0.29) is 5.69 Å². The summed E-state index contributed by atoms with van der Waals surface area (Å²) >= 11 is 0. The quantitative estimate of drug-likeness (QED) is 0.528. The average Bonchev–Trinajstić information content (AvgIpc) is 3.06. The number of nitro groups is 1. The summed E-state index contributed by atoms with van der Waals surface area (Å²) < 4.78 is 7.03. The normalized spacial score (nSPS) is 15.5. The maximum absolute atomic E-state index is 11.3. The first-order valence-corrected chi connectivity index (χ1v) is 8.08. The highest BCUT2D eigenvalue weighted by Gasteiger charge is 2.23. The molecular formula is C16H16N6O3. The van der Waals surface area contributed by atoms with E-state index in [9.17, 15) is 10.1 Å². The maximum atomic E-state index is 11.3. The Bertz CT molecular complexity index is 919. The Kier molecular flexibility index (Phi) is 4.06. The second kappa shape index (κ2) is 6.52. The molecule has 4 rings (SSSR count). The smallest absolute Gasteiger partial charge is 0.308 e. The minimum absolute atomic E-state index is 0.0372. The van der Waals surface area contributed by atoms with E-state index in [1.165, 1.54) is 6.20 Å². The highest BCUT2D eigenvalue weighted by Crippen LogP contribution is 2.27. The summed E-state index contributed by atoms with van der Waals surface area (Å²) in [5.74, 6) is 0.761. The number of rotatable bonds is 4. The summed E-state index contributed by atoms with van der Waals surface area (Å²) in [6, 6.07) is 0. The fourth-order valence-corrected chi connectivity index (χ4v) is 3.07. The van der Waals surface area contributed by atoms with Crippen LogP contribution in [0.25, 0.3) is 16.9 Å². The van der Waals surface area contributed by atoms with E-state index in [0.717, 1.165) is 18.4 Å². The van der Waals surface area contributed by atoms with Gasteiger partial charge in [0, 0.05) is 25.6 Å². The van der Waals surface area contributed by atoms with Crippen LogP contribution in [0.3, 0.4) is 0 Å². The van der Waals surface area contributed by atoms with Crippen molar-refractivity contribution in [3.8, 4) is 11.4 Å². The van der Waals surface area contributed by atoms with Crippen LogP contribution in [0.4, 0.5) is 5.69 Å². The van der Waals surface area contributed by atoms with Crippen LogP contribution in [0.1, 0.15) is 18.5 Å². The molecule has 1 aliphatic heterocycles. The number of aromatic nitrogens is 5. The largest absolute Gasteiger partial charge is 0.381 e. The Balaban J connectivity index is 1.74. The molecule has 0 unspecified atom stereocenters. The topological polar surface area (TPSA) is 108 Å². The monoisotopic (exact) mass is 340 g/mol. The van der Waals surface area contributed by atoms with Gasteiger partial charge in [-0.1, -0.05) is 0 Å². The maximum Gasteiger partial charge on any atom is 0.308 e. The lowest BCUT2D eigenvalue weighted by atomic mass is 9.94. The molecule has 1 fully saturated rings. The SMILES string of the molecule is O=[N+]([O-])c1cnc(-c2cnn3ccncc23)nc1CC1CCOCC1. The van der Waals surface area contributed by atoms with Gasteiger partial charge < -0.3 is 4.74 Å². The van der Waals surface area contributed by atoms with E-state index in [2.05, 4.69) is 20.1 Å². The van der Waals surface area contributed by atoms with Crippen molar-refractivity contribution in [2.45, 2.75) is 19.3 Å². The summed E-state index contributed by atoms with van der Waals surface area (Å²) in [5.41, 5.74) is 1.89. The molecule has 0 aliphatic carbocycles. The fourth-order valence-electron chi connectivity index (χ4n) is 3.07. The molecule has 1 saturated heterocycles. The average molecular weight is 340 g/mol. The van der Waals surface area contributed by atoms with Gasteiger partial charge in [-0.25, -0.2) is 14.5 Å². The lowest BCUT2D eigenvalue weighted by Crippen LogP contribution is -2.18. The summed E-state index contributed by atoms with van der Waals surface area (Å²) in [7, 11) is 0. The van der Waals surface area contributed by atoms with Crippen molar-refractivity contribution in [3.63, 3.8) is 0 Å². The molecule has 1 aliphatic rings. The van der Waals surface area contributed by atoms with E-state index < -0.39 is 4.92 Å². The zero-order valence-electron chi connectivity index (χ0n) is 13.4. The molecule has 0 amide bonds. The van der Waals surface area contributed by atoms with Crippen molar-refractivity contribution >= 4 is 11.2 Å². The van der Waals surface area contributed by atoms with Crippen LogP contribution >= 0.6 is 0 Å². The minimum atomic E-state index is -0.421. The zero-order valence-corrected chi connectivity index (χ0v) is 13.4. The predicted molar refractivity (Wildman–Crippen MR) is 87.9 cm³/mol. The van der Waals surface area contributed by atoms with Crippen molar-refractivity contribution in [1.29, 1.82) is 0 Å². The molecule has 0 saturated carbocycles. The minimum Gasteiger partial charge on any atom is -0.381 e. The van der Waals surface area contributed by atoms with E-state index in [0.29, 0.717) is 42.6 Å². The van der Waals surface area contributed by atoms with Gasteiger partial charge in [-0.2, -0.15) is 5.10 Å². The van der Waals surface area contributed by atoms with Crippen molar-refractivity contribution in [3.05, 3.63) is 46.8 Å². The third-order valence-electron chi connectivity index (χ3n) is 4.43. The summed E-state index contributed by atoms with van der Waals surface area (Å²) in [6.45, 7) is 1.38. The number of ether oxygens (including phenoxy) is 1. The van der Waals surface area contributed by atoms with Crippen LogP contribution in [0.2, 0.25) is 0 Å². The highest BCUT2D eigenvalue weighted by atomic mass is 16.6. The number of hydrogen-bond donors (Lipinski definition) is 0. The molecule has 3 aromatic rings. The third kappa shape index (κ3) is 3.05. The molecule has 4 heterocycles. The third-order valence-corrected chi connectivity index (χ3v) is 4.43. The molecule has 0 N–H and O–H groups in total. The van der Waals surface area contributed by atoms with Gasteiger partial charge in [0.2, 0.25) is 0 Å². The standard InChI is InChI=1S/C16H16N6O3/c23-22(24)15-10-18-16(12-8-19-21-4-3-17-9-14(12)21)20-13(15)7-11-1-5-25-6-2-11/h3-4,8-11H,1-2,5-7H2. The first-order chi connectivity index (χ1) is 12.2. The summed E-state index contributed by atoms with van der Waals surface area (Å²) in [4.78, 5) is 23.7. The van der Waals surface area contributed by atoms with Crippen molar-refractivity contribution in [1.82, 2.24) is 24.6 Å². The Morgan fingerprint density at radius 1 is 1.28 bits per heavy atom. The Labute approximate surface area is 142 Å². The Hall–Kier alpha value is -2.94. The molecule has 0 aromatic carbocycles. The first kappa shape index (κ1) is 15.6. The lowest BCUT2D eigenvalue weighted by molar-refractivity contribution is -0.386. The number of nitrogens with zero attached hydrogens (tertiary/aromatic N) is 6. The van der Waals surface area contributed by atoms with Gasteiger partial charge in [0.25, 0.3) is 0 Å². The second-order valence-corrected chi connectivity index (χ2v) is 6.01. The van der Waals surface area contributed by atoms with Gasteiger partial charge in [0.05, 0.1) is 28.4 Å². The van der Waals surface area contributed by atoms with Gasteiger partial charge in [0.1, 0.15) is 11.9 Å². The lowest BCUT2D eigenvalue weighted by Gasteiger charge is -2.21. The van der Waals surface area contributed by atoms with Crippen LogP contribution in [-0.2, 0) is 11.2 Å². The van der Waals surface area contributed by atoms with Crippen molar-refractivity contribution in [2.75, 3.05) is 13.2 Å². The van der Waals surface area contributed by atoms with Crippen molar-refractivity contribution in [2.24, 2.45) is 5.92 Å². The molecule has 0 radical (unpaired) electrons. The fraction of sp³-hybridized carbons (Fsp3) is 0.375. The summed E-state index contributed by atoms with van der Waals surface area (Å²) in [6.07, 6.45) is 10.3. The molecule has 128 valence electrons. The van der Waals surface area contributed by atoms with Crippen molar-refractivity contribution < 1.29 is 9.66 Å². The molecular weight excluding hydrogens is 324 g/mol. The zero-order chi connectivity index (χ0) is 17.2. The molecule has 9 nitrogen and oxygen atoms in total. The molecule has 9 heteroatoms. The van der Waals surface area contributed by atoms with Crippen LogP contribution in [-0.4, -0.2) is 42.7 Å². The van der Waals surface area contributed by atoms with E-state index in [4.69, 9.17) is 4.74 Å². The van der Waals surface area contributed by atoms with Crippen LogP contribution < -0.4 is 0 Å². The highest BCUT2D eigenvalue weighted by molar-refractivity contribution is 5.75. The Morgan fingerprint density at radius 2 is 2.12 bits per heavy atom. The van der Waals surface area contributed by atoms with Gasteiger partial charge in [0.15, 0.2) is 5.82 Å². The molecule has 25 heavy (non-hydrogen) atoms. The van der Waals surface area contributed by atoms with E-state index in [1.54, 1.807) is 29.3 Å². The molecule has 0 bridgehead atoms. The molecule has 0 spiro atoms. The van der Waals surface area contributed by atoms with Gasteiger partial charge in [-0.3, -0.25) is 15.1 Å². The number of fused-ring (bicyclic) bond motifs is 1. The van der Waals surface area contributed by atoms with Gasteiger partial charge >= 0.3 is 5.69 Å². The van der Waals surface area contributed by atoms with Gasteiger partial charge in [-0.05, 0) is 25.2 Å². The molecule has 0 atom stereocenters. The number of hydrogen-bond acceptors (Lipinski definition) is 7. The van der Waals surface area contributed by atoms with E-state index in [1.807, 2.05) is 0 Å². The van der Waals surface area contributed by atoms with Crippen LogP contribution in [0, 0.1) is 16.0 Å². The van der Waals surface area contributed by atoms with Gasteiger partial charge in [-0.15, -0.1) is 0 Å². The Morgan fingerprint density at radius 3 is 2.92 bits per heavy atom. The van der Waals surface area contributed by atoms with E-state index >= 15 is 0 Å². The predicted octanol–water partition coefficient (Wildman–Crippen LogP) is 2.06.